The Morgan fingerprint density at radius 2 is 1.65 bits per heavy atom. The van der Waals surface area contributed by atoms with E-state index in [0.29, 0.717) is 52.1 Å². The second-order valence-electron chi connectivity index (χ2n) is 4.48. The molecule has 1 heterocycles. The minimum atomic E-state index is -0.646. The van der Waals surface area contributed by atoms with Crippen molar-refractivity contribution in [1.82, 2.24) is 20.4 Å². The molecule has 1 fully saturated rings. The minimum Gasteiger partial charge on any atom is -0.359 e. The van der Waals surface area contributed by atoms with Crippen molar-refractivity contribution in [3.8, 4) is 0 Å². The molecule has 8 nitrogen and oxygen atoms in total. The van der Waals surface area contributed by atoms with Crippen molar-refractivity contribution in [2.45, 2.75) is 13.3 Å². The highest BCUT2D eigenvalue weighted by Gasteiger charge is 2.26. The van der Waals surface area contributed by atoms with Crippen LogP contribution in [0.25, 0.3) is 0 Å². The summed E-state index contributed by atoms with van der Waals surface area (Å²) in [5, 5.41) is 4.97. The Bertz CT molecular complexity index is 378. The minimum absolute atomic E-state index is 0.0239. The number of hydrogen-bond donors (Lipinski definition) is 2. The van der Waals surface area contributed by atoms with Gasteiger partial charge in [0.15, 0.2) is 0 Å². The fourth-order valence-electron chi connectivity index (χ4n) is 1.89. The van der Waals surface area contributed by atoms with Crippen LogP contribution in [0, 0.1) is 0 Å². The fourth-order valence-corrected chi connectivity index (χ4v) is 1.89. The lowest BCUT2D eigenvalue weighted by atomic mass is 10.3. The first-order chi connectivity index (χ1) is 9.56. The Morgan fingerprint density at radius 1 is 1.05 bits per heavy atom. The van der Waals surface area contributed by atoms with Crippen molar-refractivity contribution in [1.29, 1.82) is 0 Å². The molecule has 0 atom stereocenters. The smallest absolute Gasteiger partial charge is 0.312 e. The maximum atomic E-state index is 11.8. The molecule has 0 saturated carbocycles. The average Bonchev–Trinajstić information content (AvgIpc) is 2.46. The van der Waals surface area contributed by atoms with Crippen molar-refractivity contribution >= 4 is 24.1 Å². The quantitative estimate of drug-likeness (QED) is 0.344. The van der Waals surface area contributed by atoms with Gasteiger partial charge < -0.3 is 20.4 Å². The topological polar surface area (TPSA) is 98.8 Å². The molecule has 0 unspecified atom stereocenters. The largest absolute Gasteiger partial charge is 0.359 e. The monoisotopic (exact) mass is 284 g/mol. The van der Waals surface area contributed by atoms with Gasteiger partial charge in [0.1, 0.15) is 0 Å². The third kappa shape index (κ3) is 4.87. The van der Waals surface area contributed by atoms with Crippen molar-refractivity contribution < 1.29 is 19.2 Å². The van der Waals surface area contributed by atoms with Crippen LogP contribution in [0.5, 0.6) is 0 Å². The van der Waals surface area contributed by atoms with Gasteiger partial charge in [0.2, 0.25) is 12.3 Å². The SMILES string of the molecule is CC(=O)N1CCN(C(=O)C(=O)NCCCNC=O)CC1. The molecule has 0 aromatic rings. The average molecular weight is 284 g/mol. The molecule has 1 saturated heterocycles. The van der Waals surface area contributed by atoms with Gasteiger partial charge in [-0.05, 0) is 6.42 Å². The number of carbonyl (C=O) groups excluding carboxylic acids is 4. The molecule has 1 rings (SSSR count). The summed E-state index contributed by atoms with van der Waals surface area (Å²) >= 11 is 0. The lowest BCUT2D eigenvalue weighted by Gasteiger charge is -2.33. The van der Waals surface area contributed by atoms with Crippen molar-refractivity contribution in [3.05, 3.63) is 0 Å². The van der Waals surface area contributed by atoms with Crippen LogP contribution in [0.15, 0.2) is 0 Å². The maximum Gasteiger partial charge on any atom is 0.312 e. The van der Waals surface area contributed by atoms with Crippen LogP contribution in [0.4, 0.5) is 0 Å². The van der Waals surface area contributed by atoms with E-state index in [1.54, 1.807) is 4.90 Å². The highest BCUT2D eigenvalue weighted by atomic mass is 16.2. The zero-order valence-corrected chi connectivity index (χ0v) is 11.6. The normalized spacial score (nSPS) is 14.7. The first-order valence-electron chi connectivity index (χ1n) is 6.56. The number of hydrogen-bond acceptors (Lipinski definition) is 4. The molecule has 0 radical (unpaired) electrons. The molecule has 0 aliphatic carbocycles. The molecule has 1 aliphatic rings. The molecular weight excluding hydrogens is 264 g/mol. The molecule has 0 aromatic heterocycles. The molecule has 0 aromatic carbocycles. The van der Waals surface area contributed by atoms with E-state index in [1.807, 2.05) is 0 Å². The first-order valence-corrected chi connectivity index (χ1v) is 6.56. The van der Waals surface area contributed by atoms with Gasteiger partial charge in [-0.25, -0.2) is 0 Å². The van der Waals surface area contributed by atoms with Crippen molar-refractivity contribution in [2.24, 2.45) is 0 Å². The van der Waals surface area contributed by atoms with Crippen LogP contribution in [-0.2, 0) is 19.2 Å². The molecule has 4 amide bonds. The van der Waals surface area contributed by atoms with Gasteiger partial charge in [-0.2, -0.15) is 0 Å². The van der Waals surface area contributed by atoms with Crippen LogP contribution >= 0.6 is 0 Å². The van der Waals surface area contributed by atoms with E-state index >= 15 is 0 Å². The second-order valence-corrected chi connectivity index (χ2v) is 4.48. The van der Waals surface area contributed by atoms with Gasteiger partial charge >= 0.3 is 11.8 Å². The zero-order chi connectivity index (χ0) is 15.0. The van der Waals surface area contributed by atoms with Crippen molar-refractivity contribution in [3.63, 3.8) is 0 Å². The number of rotatable bonds is 5. The van der Waals surface area contributed by atoms with E-state index in [1.165, 1.54) is 11.8 Å². The van der Waals surface area contributed by atoms with Gasteiger partial charge in [0.05, 0.1) is 0 Å². The van der Waals surface area contributed by atoms with E-state index in [-0.39, 0.29) is 5.91 Å². The van der Waals surface area contributed by atoms with E-state index in [9.17, 15) is 19.2 Å². The second kappa shape index (κ2) is 8.13. The Balaban J connectivity index is 2.26. The molecule has 8 heteroatoms. The van der Waals surface area contributed by atoms with Gasteiger partial charge in [0.25, 0.3) is 0 Å². The molecule has 1 aliphatic heterocycles. The highest BCUT2D eigenvalue weighted by Crippen LogP contribution is 2.02. The van der Waals surface area contributed by atoms with Crippen LogP contribution in [0.3, 0.4) is 0 Å². The molecule has 2 N–H and O–H groups in total. The zero-order valence-electron chi connectivity index (χ0n) is 11.6. The Morgan fingerprint density at radius 3 is 2.20 bits per heavy atom. The van der Waals surface area contributed by atoms with Gasteiger partial charge in [0, 0.05) is 46.2 Å². The van der Waals surface area contributed by atoms with Crippen LogP contribution in [-0.4, -0.2) is 73.2 Å². The summed E-state index contributed by atoms with van der Waals surface area (Å²) in [6, 6.07) is 0. The Kier molecular flexibility index (Phi) is 6.48. The fraction of sp³-hybridized carbons (Fsp3) is 0.667. The first kappa shape index (κ1) is 15.9. The highest BCUT2D eigenvalue weighted by molar-refractivity contribution is 6.35. The van der Waals surface area contributed by atoms with Gasteiger partial charge in [-0.3, -0.25) is 19.2 Å². The molecule has 0 bridgehead atoms. The Labute approximate surface area is 117 Å². The molecule has 20 heavy (non-hydrogen) atoms. The van der Waals surface area contributed by atoms with Gasteiger partial charge in [-0.15, -0.1) is 0 Å². The standard InChI is InChI=1S/C12H20N4O4/c1-10(18)15-5-7-16(8-6-15)12(20)11(19)14-4-2-3-13-9-17/h9H,2-8H2,1H3,(H,13,17)(H,14,19). The van der Waals surface area contributed by atoms with E-state index < -0.39 is 11.8 Å². The molecule has 112 valence electrons. The van der Waals surface area contributed by atoms with Gasteiger partial charge in [-0.1, -0.05) is 0 Å². The lowest BCUT2D eigenvalue weighted by Crippen LogP contribution is -2.53. The summed E-state index contributed by atoms with van der Waals surface area (Å²) in [5.41, 5.74) is 0. The van der Waals surface area contributed by atoms with Crippen LogP contribution < -0.4 is 10.6 Å². The number of piperazine rings is 1. The number of nitrogens with one attached hydrogen (secondary N) is 2. The Hall–Kier alpha value is -2.12. The predicted octanol–water partition coefficient (Wildman–Crippen LogP) is -2.07. The summed E-state index contributed by atoms with van der Waals surface area (Å²) in [6.07, 6.45) is 1.15. The summed E-state index contributed by atoms with van der Waals surface area (Å²) in [4.78, 5) is 47.7. The molecular formula is C12H20N4O4. The predicted molar refractivity (Wildman–Crippen MR) is 70.5 cm³/mol. The summed E-state index contributed by atoms with van der Waals surface area (Å²) < 4.78 is 0. The van der Waals surface area contributed by atoms with Crippen LogP contribution in [0.2, 0.25) is 0 Å². The summed E-state index contributed by atoms with van der Waals surface area (Å²) in [5.74, 6) is -1.24. The number of carbonyl (C=O) groups is 4. The molecule has 0 spiro atoms. The van der Waals surface area contributed by atoms with E-state index in [0.717, 1.165) is 0 Å². The third-order valence-corrected chi connectivity index (χ3v) is 3.07. The van der Waals surface area contributed by atoms with Crippen molar-refractivity contribution in [2.75, 3.05) is 39.3 Å². The number of nitrogens with zero attached hydrogens (tertiary/aromatic N) is 2. The third-order valence-electron chi connectivity index (χ3n) is 3.07. The van der Waals surface area contributed by atoms with E-state index in [2.05, 4.69) is 10.6 Å². The summed E-state index contributed by atoms with van der Waals surface area (Å²) in [6.45, 7) is 3.93. The lowest BCUT2D eigenvalue weighted by molar-refractivity contribution is -0.148. The van der Waals surface area contributed by atoms with E-state index in [4.69, 9.17) is 0 Å². The van der Waals surface area contributed by atoms with Crippen LogP contribution in [0.1, 0.15) is 13.3 Å². The number of amides is 4. The summed E-state index contributed by atoms with van der Waals surface area (Å²) in [7, 11) is 0. The maximum absolute atomic E-state index is 11.8.